The third kappa shape index (κ3) is 5.07. The number of hydrogen-bond acceptors (Lipinski definition) is 3. The second-order valence-electron chi connectivity index (χ2n) is 3.62. The summed E-state index contributed by atoms with van der Waals surface area (Å²) in [5, 5.41) is 0. The Morgan fingerprint density at radius 3 is 2.58 bits per heavy atom. The van der Waals surface area contributed by atoms with E-state index >= 15 is 0 Å². The molecule has 0 amide bonds. The van der Waals surface area contributed by atoms with Gasteiger partial charge in [-0.25, -0.2) is 4.99 Å². The highest BCUT2D eigenvalue weighted by molar-refractivity contribution is 5.93. The Labute approximate surface area is 111 Å². The Morgan fingerprint density at radius 1 is 1.26 bits per heavy atom. The summed E-state index contributed by atoms with van der Waals surface area (Å²) in [5.41, 5.74) is 17.2. The Balaban J connectivity index is 2.96. The van der Waals surface area contributed by atoms with Crippen molar-refractivity contribution < 1.29 is 9.53 Å². The molecule has 0 spiro atoms. The number of nitrogens with zero attached hydrogens (tertiary/aromatic N) is 2. The van der Waals surface area contributed by atoms with Gasteiger partial charge >= 0.3 is 5.97 Å². The van der Waals surface area contributed by atoms with Crippen LogP contribution < -0.4 is 17.2 Å². The van der Waals surface area contributed by atoms with Crippen molar-refractivity contribution in [1.29, 1.82) is 0 Å². The van der Waals surface area contributed by atoms with Crippen LogP contribution in [0.5, 0.6) is 0 Å². The van der Waals surface area contributed by atoms with Gasteiger partial charge in [0.15, 0.2) is 5.96 Å². The minimum absolute atomic E-state index is 0.0729. The number of aliphatic imine (C=N–C) groups is 2. The quantitative estimate of drug-likeness (QED) is 0.400. The normalized spacial score (nSPS) is 10.9. The van der Waals surface area contributed by atoms with E-state index in [1.165, 1.54) is 0 Å². The second-order valence-corrected chi connectivity index (χ2v) is 3.62. The first-order valence-corrected chi connectivity index (χ1v) is 5.70. The van der Waals surface area contributed by atoms with Crippen LogP contribution in [0.15, 0.2) is 34.3 Å². The second kappa shape index (κ2) is 7.00. The van der Waals surface area contributed by atoms with Crippen molar-refractivity contribution in [3.05, 3.63) is 29.8 Å². The number of carbonyl (C=O) groups excluding carboxylic acids is 1. The van der Waals surface area contributed by atoms with E-state index in [0.717, 1.165) is 0 Å². The number of benzene rings is 1. The average Bonchev–Trinajstić information content (AvgIpc) is 2.30. The largest absolute Gasteiger partial charge is 0.466 e. The maximum Gasteiger partial charge on any atom is 0.310 e. The highest BCUT2D eigenvalue weighted by Gasteiger charge is 2.08. The molecule has 1 rings (SSSR count). The van der Waals surface area contributed by atoms with Crippen molar-refractivity contribution >= 4 is 23.6 Å². The van der Waals surface area contributed by atoms with Gasteiger partial charge in [-0.15, -0.1) is 0 Å². The van der Waals surface area contributed by atoms with Crippen LogP contribution in [0, 0.1) is 0 Å². The summed E-state index contributed by atoms with van der Waals surface area (Å²) in [6.07, 6.45) is 0.114. The van der Waals surface area contributed by atoms with Crippen LogP contribution in [0.1, 0.15) is 12.5 Å². The molecule has 0 fully saturated rings. The number of carbonyl (C=O) groups is 1. The zero-order valence-corrected chi connectivity index (χ0v) is 10.7. The molecule has 1 aromatic carbocycles. The molecule has 0 saturated heterocycles. The van der Waals surface area contributed by atoms with Crippen LogP contribution in [0.4, 0.5) is 5.69 Å². The Bertz CT molecular complexity index is 507. The lowest BCUT2D eigenvalue weighted by Crippen LogP contribution is -2.26. The lowest BCUT2D eigenvalue weighted by molar-refractivity contribution is -0.142. The Morgan fingerprint density at radius 2 is 1.95 bits per heavy atom. The van der Waals surface area contributed by atoms with E-state index in [9.17, 15) is 4.79 Å². The molecule has 102 valence electrons. The van der Waals surface area contributed by atoms with E-state index in [2.05, 4.69) is 9.98 Å². The lowest BCUT2D eigenvalue weighted by Gasteiger charge is -2.05. The van der Waals surface area contributed by atoms with Gasteiger partial charge in [0.05, 0.1) is 18.7 Å². The Hall–Kier alpha value is -2.57. The Kier molecular flexibility index (Phi) is 5.34. The molecule has 0 aromatic heterocycles. The molecule has 6 N–H and O–H groups in total. The summed E-state index contributed by atoms with van der Waals surface area (Å²) < 4.78 is 4.88. The van der Waals surface area contributed by atoms with Gasteiger partial charge in [-0.1, -0.05) is 18.2 Å². The van der Waals surface area contributed by atoms with Gasteiger partial charge in [0.2, 0.25) is 5.96 Å². The van der Waals surface area contributed by atoms with Gasteiger partial charge < -0.3 is 21.9 Å². The van der Waals surface area contributed by atoms with Crippen LogP contribution in [0.3, 0.4) is 0 Å². The summed E-state index contributed by atoms with van der Waals surface area (Å²) in [6, 6.07) is 7.04. The monoisotopic (exact) mass is 263 g/mol. The van der Waals surface area contributed by atoms with E-state index in [4.69, 9.17) is 21.9 Å². The first kappa shape index (κ1) is 14.5. The van der Waals surface area contributed by atoms with Crippen molar-refractivity contribution in [2.45, 2.75) is 13.3 Å². The van der Waals surface area contributed by atoms with Gasteiger partial charge in [-0.2, -0.15) is 4.99 Å². The highest BCUT2D eigenvalue weighted by atomic mass is 16.5. The number of ether oxygens (including phenoxy) is 1. The molecule has 0 radical (unpaired) electrons. The fraction of sp³-hybridized carbons (Fsp3) is 0.250. The molecule has 1 aromatic rings. The van der Waals surface area contributed by atoms with Crippen molar-refractivity contribution in [2.75, 3.05) is 6.61 Å². The first-order chi connectivity index (χ1) is 9.02. The maximum absolute atomic E-state index is 11.5. The summed E-state index contributed by atoms with van der Waals surface area (Å²) >= 11 is 0. The zero-order chi connectivity index (χ0) is 14.3. The van der Waals surface area contributed by atoms with Crippen molar-refractivity contribution in [1.82, 2.24) is 0 Å². The van der Waals surface area contributed by atoms with Crippen LogP contribution in [-0.4, -0.2) is 24.5 Å². The van der Waals surface area contributed by atoms with Crippen molar-refractivity contribution in [3.8, 4) is 0 Å². The summed E-state index contributed by atoms with van der Waals surface area (Å²) in [7, 11) is 0. The lowest BCUT2D eigenvalue weighted by atomic mass is 10.1. The molecule has 0 aliphatic carbocycles. The molecule has 0 heterocycles. The standard InChI is InChI=1S/C12H17N5O2/c1-2-19-10(18)7-8-5-3-4-6-9(8)16-12(15)17-11(13)14/h3-6H,2,7H2,1H3,(H6,13,14,15,16,17). The van der Waals surface area contributed by atoms with E-state index in [0.29, 0.717) is 17.9 Å². The first-order valence-electron chi connectivity index (χ1n) is 5.70. The average molecular weight is 263 g/mol. The smallest absolute Gasteiger partial charge is 0.310 e. The maximum atomic E-state index is 11.5. The van der Waals surface area contributed by atoms with Crippen LogP contribution in [0.25, 0.3) is 0 Å². The topological polar surface area (TPSA) is 129 Å². The van der Waals surface area contributed by atoms with Gasteiger partial charge in [0, 0.05) is 0 Å². The predicted molar refractivity (Wildman–Crippen MR) is 73.9 cm³/mol. The minimum atomic E-state index is -0.328. The summed E-state index contributed by atoms with van der Waals surface area (Å²) in [5.74, 6) is -0.578. The predicted octanol–water partition coefficient (Wildman–Crippen LogP) is 0.0118. The number of hydrogen-bond donors (Lipinski definition) is 3. The van der Waals surface area contributed by atoms with E-state index in [1.54, 1.807) is 31.2 Å². The molecular weight excluding hydrogens is 246 g/mol. The SMILES string of the molecule is CCOC(=O)Cc1ccccc1N=C(N)N=C(N)N. The number of para-hydroxylation sites is 1. The number of guanidine groups is 2. The van der Waals surface area contributed by atoms with Crippen LogP contribution in [0.2, 0.25) is 0 Å². The van der Waals surface area contributed by atoms with Crippen LogP contribution >= 0.6 is 0 Å². The molecule has 0 aliphatic rings. The zero-order valence-electron chi connectivity index (χ0n) is 10.7. The molecule has 0 atom stereocenters. The van der Waals surface area contributed by atoms with E-state index in [1.807, 2.05) is 0 Å². The molecular formula is C12H17N5O2. The summed E-state index contributed by atoms with van der Waals surface area (Å²) in [4.78, 5) is 19.1. The highest BCUT2D eigenvalue weighted by Crippen LogP contribution is 2.19. The van der Waals surface area contributed by atoms with Crippen molar-refractivity contribution in [3.63, 3.8) is 0 Å². The third-order valence-electron chi connectivity index (χ3n) is 2.11. The molecule has 0 unspecified atom stereocenters. The van der Waals surface area contributed by atoms with Crippen molar-refractivity contribution in [2.24, 2.45) is 27.2 Å². The van der Waals surface area contributed by atoms with Crippen LogP contribution in [-0.2, 0) is 16.0 Å². The fourth-order valence-electron chi connectivity index (χ4n) is 1.42. The molecule has 0 bridgehead atoms. The third-order valence-corrected chi connectivity index (χ3v) is 2.11. The number of nitrogens with two attached hydrogens (primary N) is 3. The van der Waals surface area contributed by atoms with E-state index in [-0.39, 0.29) is 24.3 Å². The van der Waals surface area contributed by atoms with Gasteiger partial charge in [0.1, 0.15) is 0 Å². The number of rotatable bonds is 4. The summed E-state index contributed by atoms with van der Waals surface area (Å²) in [6.45, 7) is 2.08. The van der Waals surface area contributed by atoms with E-state index < -0.39 is 0 Å². The molecule has 7 heteroatoms. The van der Waals surface area contributed by atoms with Gasteiger partial charge in [-0.05, 0) is 18.6 Å². The fourth-order valence-corrected chi connectivity index (χ4v) is 1.42. The van der Waals surface area contributed by atoms with Gasteiger partial charge in [0.25, 0.3) is 0 Å². The molecule has 7 nitrogen and oxygen atoms in total. The number of esters is 1. The molecule has 0 aliphatic heterocycles. The molecule has 0 saturated carbocycles. The van der Waals surface area contributed by atoms with Gasteiger partial charge in [-0.3, -0.25) is 4.79 Å². The minimum Gasteiger partial charge on any atom is -0.466 e. The molecule has 19 heavy (non-hydrogen) atoms.